The highest BCUT2D eigenvalue weighted by molar-refractivity contribution is 7.14. The molecule has 0 atom stereocenters. The molecule has 0 amide bonds. The van der Waals surface area contributed by atoms with Crippen LogP contribution in [0.3, 0.4) is 0 Å². The minimum atomic E-state index is 0.577. The van der Waals surface area contributed by atoms with Crippen LogP contribution in [-0.4, -0.2) is 31.4 Å². The van der Waals surface area contributed by atoms with Crippen molar-refractivity contribution >= 4 is 22.7 Å². The molecule has 0 saturated heterocycles. The van der Waals surface area contributed by atoms with Crippen molar-refractivity contribution in [1.82, 2.24) is 4.98 Å². The molecular weight excluding hydrogens is 346 g/mol. The van der Waals surface area contributed by atoms with Crippen LogP contribution < -0.4 is 18.9 Å². The lowest BCUT2D eigenvalue weighted by molar-refractivity contribution is 0.174. The Morgan fingerprint density at radius 1 is 0.750 bits per heavy atom. The molecule has 0 N–H and O–H groups in total. The van der Waals surface area contributed by atoms with Crippen LogP contribution in [0.1, 0.15) is 0 Å². The number of rotatable bonds is 2. The van der Waals surface area contributed by atoms with Gasteiger partial charge in [-0.3, -0.25) is 4.98 Å². The standard InChI is InChI=1S/C17H13NO4S2/c1-2-11(17-15-13(9-24-17)20-4-6-22-15)18-7-10(1)16-14-12(8-23-16)19-3-5-21-14/h1-2,7-9H,3-6H2. The van der Waals surface area contributed by atoms with Gasteiger partial charge in [0.25, 0.3) is 0 Å². The third-order valence-electron chi connectivity index (χ3n) is 3.86. The highest BCUT2D eigenvalue weighted by Gasteiger charge is 2.22. The monoisotopic (exact) mass is 359 g/mol. The van der Waals surface area contributed by atoms with Gasteiger partial charge >= 0.3 is 0 Å². The van der Waals surface area contributed by atoms with Gasteiger partial charge in [-0.25, -0.2) is 0 Å². The maximum absolute atomic E-state index is 5.75. The van der Waals surface area contributed by atoms with Crippen molar-refractivity contribution in [3.8, 4) is 44.0 Å². The van der Waals surface area contributed by atoms with E-state index in [4.69, 9.17) is 18.9 Å². The quantitative estimate of drug-likeness (QED) is 0.690. The minimum absolute atomic E-state index is 0.577. The van der Waals surface area contributed by atoms with Crippen molar-refractivity contribution in [2.24, 2.45) is 0 Å². The number of hydrogen-bond donors (Lipinski definition) is 0. The molecule has 5 heterocycles. The predicted molar refractivity (Wildman–Crippen MR) is 92.8 cm³/mol. The van der Waals surface area contributed by atoms with E-state index in [9.17, 15) is 0 Å². The number of thiophene rings is 2. The predicted octanol–water partition coefficient (Wildman–Crippen LogP) is 4.08. The third-order valence-corrected chi connectivity index (χ3v) is 5.81. The molecule has 0 aliphatic carbocycles. The molecule has 0 unspecified atom stereocenters. The zero-order valence-electron chi connectivity index (χ0n) is 12.6. The van der Waals surface area contributed by atoms with Gasteiger partial charge in [0, 0.05) is 22.5 Å². The van der Waals surface area contributed by atoms with Crippen molar-refractivity contribution in [2.75, 3.05) is 26.4 Å². The summed E-state index contributed by atoms with van der Waals surface area (Å²) in [6.45, 7) is 2.36. The molecule has 2 aliphatic rings. The van der Waals surface area contributed by atoms with Gasteiger partial charge in [0.1, 0.15) is 26.4 Å². The Kier molecular flexibility index (Phi) is 3.34. The molecule has 24 heavy (non-hydrogen) atoms. The smallest absolute Gasteiger partial charge is 0.181 e. The number of fused-ring (bicyclic) bond motifs is 2. The Hall–Kier alpha value is -2.25. The van der Waals surface area contributed by atoms with E-state index in [2.05, 4.69) is 11.1 Å². The van der Waals surface area contributed by atoms with Crippen LogP contribution in [-0.2, 0) is 0 Å². The zero-order chi connectivity index (χ0) is 15.9. The molecule has 3 aromatic heterocycles. The summed E-state index contributed by atoms with van der Waals surface area (Å²) in [5, 5.41) is 3.96. The topological polar surface area (TPSA) is 49.8 Å². The largest absolute Gasteiger partial charge is 0.485 e. The first-order chi connectivity index (χ1) is 11.9. The highest BCUT2D eigenvalue weighted by Crippen LogP contribution is 2.47. The van der Waals surface area contributed by atoms with Crippen molar-refractivity contribution < 1.29 is 18.9 Å². The van der Waals surface area contributed by atoms with Crippen LogP contribution in [0.5, 0.6) is 23.0 Å². The summed E-state index contributed by atoms with van der Waals surface area (Å²) in [4.78, 5) is 6.68. The van der Waals surface area contributed by atoms with Crippen LogP contribution in [0.15, 0.2) is 29.1 Å². The van der Waals surface area contributed by atoms with Crippen LogP contribution >= 0.6 is 22.7 Å². The molecule has 0 aromatic carbocycles. The first-order valence-electron chi connectivity index (χ1n) is 7.61. The average Bonchev–Trinajstić information content (AvgIpc) is 3.26. The molecule has 122 valence electrons. The number of pyridine rings is 1. The highest BCUT2D eigenvalue weighted by atomic mass is 32.1. The van der Waals surface area contributed by atoms with Gasteiger partial charge < -0.3 is 18.9 Å². The molecule has 2 aliphatic heterocycles. The van der Waals surface area contributed by atoms with Crippen molar-refractivity contribution in [3.63, 3.8) is 0 Å². The number of aromatic nitrogens is 1. The van der Waals surface area contributed by atoms with Gasteiger partial charge in [-0.1, -0.05) is 0 Å². The van der Waals surface area contributed by atoms with Crippen LogP contribution in [0.25, 0.3) is 21.0 Å². The summed E-state index contributed by atoms with van der Waals surface area (Å²) in [6.07, 6.45) is 1.87. The maximum Gasteiger partial charge on any atom is 0.181 e. The van der Waals surface area contributed by atoms with Gasteiger partial charge in [-0.15, -0.1) is 22.7 Å². The summed E-state index contributed by atoms with van der Waals surface area (Å²) < 4.78 is 22.7. The van der Waals surface area contributed by atoms with Gasteiger partial charge in [-0.2, -0.15) is 0 Å². The van der Waals surface area contributed by atoms with Gasteiger partial charge in [-0.05, 0) is 12.1 Å². The molecule has 5 nitrogen and oxygen atoms in total. The Bertz CT molecular complexity index is 811. The summed E-state index contributed by atoms with van der Waals surface area (Å²) in [5.41, 5.74) is 1.91. The Labute approximate surface area is 146 Å². The van der Waals surface area contributed by atoms with Crippen molar-refractivity contribution in [1.29, 1.82) is 0 Å². The van der Waals surface area contributed by atoms with Gasteiger partial charge in [0.05, 0.1) is 15.4 Å². The fourth-order valence-electron chi connectivity index (χ4n) is 2.76. The molecule has 0 spiro atoms. The van der Waals surface area contributed by atoms with E-state index in [0.717, 1.165) is 44.0 Å². The lowest BCUT2D eigenvalue weighted by Gasteiger charge is -2.16. The normalized spacial score (nSPS) is 15.3. The molecule has 0 bridgehead atoms. The van der Waals surface area contributed by atoms with Gasteiger partial charge in [0.15, 0.2) is 23.0 Å². The third kappa shape index (κ3) is 2.23. The van der Waals surface area contributed by atoms with Crippen LogP contribution in [0.2, 0.25) is 0 Å². The van der Waals surface area contributed by atoms with Crippen molar-refractivity contribution in [3.05, 3.63) is 29.1 Å². The van der Waals surface area contributed by atoms with E-state index >= 15 is 0 Å². The van der Waals surface area contributed by atoms with E-state index in [0.29, 0.717) is 26.4 Å². The first-order valence-corrected chi connectivity index (χ1v) is 9.37. The lowest BCUT2D eigenvalue weighted by Crippen LogP contribution is -2.14. The van der Waals surface area contributed by atoms with E-state index in [1.165, 1.54) is 0 Å². The molecule has 5 rings (SSSR count). The van der Waals surface area contributed by atoms with Crippen LogP contribution in [0, 0.1) is 0 Å². The maximum atomic E-state index is 5.75. The van der Waals surface area contributed by atoms with E-state index in [1.54, 1.807) is 22.7 Å². The average molecular weight is 359 g/mol. The molecule has 0 fully saturated rings. The molecule has 7 heteroatoms. The van der Waals surface area contributed by atoms with E-state index < -0.39 is 0 Å². The second-order valence-electron chi connectivity index (χ2n) is 5.34. The molecule has 0 saturated carbocycles. The fraction of sp³-hybridized carbons (Fsp3) is 0.235. The number of hydrogen-bond acceptors (Lipinski definition) is 7. The minimum Gasteiger partial charge on any atom is -0.485 e. The number of nitrogens with zero attached hydrogens (tertiary/aromatic N) is 1. The summed E-state index contributed by atoms with van der Waals surface area (Å²) in [5.74, 6) is 3.26. The Morgan fingerprint density at radius 2 is 1.38 bits per heavy atom. The second kappa shape index (κ2) is 5.68. The fourth-order valence-corrected chi connectivity index (χ4v) is 4.60. The van der Waals surface area contributed by atoms with Crippen LogP contribution in [0.4, 0.5) is 0 Å². The SMILES string of the molecule is c1cc(-c2scc3c2OCCO3)ncc1-c1scc2c1OCCO2. The molecular formula is C17H13NO4S2. The lowest BCUT2D eigenvalue weighted by atomic mass is 10.2. The van der Waals surface area contributed by atoms with E-state index in [-0.39, 0.29) is 0 Å². The molecule has 3 aromatic rings. The second-order valence-corrected chi connectivity index (χ2v) is 7.10. The Balaban J connectivity index is 1.50. The number of ether oxygens (including phenoxy) is 4. The first kappa shape index (κ1) is 14.1. The summed E-state index contributed by atoms with van der Waals surface area (Å²) in [6, 6.07) is 4.07. The summed E-state index contributed by atoms with van der Waals surface area (Å²) in [7, 11) is 0. The van der Waals surface area contributed by atoms with Crippen molar-refractivity contribution in [2.45, 2.75) is 0 Å². The molecule has 0 radical (unpaired) electrons. The zero-order valence-corrected chi connectivity index (χ0v) is 14.2. The Morgan fingerprint density at radius 3 is 2.04 bits per heavy atom. The summed E-state index contributed by atoms with van der Waals surface area (Å²) >= 11 is 3.20. The van der Waals surface area contributed by atoms with E-state index in [1.807, 2.05) is 23.0 Å². The van der Waals surface area contributed by atoms with Gasteiger partial charge in [0.2, 0.25) is 0 Å².